The summed E-state index contributed by atoms with van der Waals surface area (Å²) < 4.78 is 0. The van der Waals surface area contributed by atoms with Gasteiger partial charge in [-0.2, -0.15) is 0 Å². The summed E-state index contributed by atoms with van der Waals surface area (Å²) in [6, 6.07) is 5.16. The van der Waals surface area contributed by atoms with Crippen LogP contribution in [0.1, 0.15) is 25.3 Å². The number of rotatable bonds is 1. The van der Waals surface area contributed by atoms with Crippen molar-refractivity contribution in [1.29, 1.82) is 0 Å². The highest BCUT2D eigenvalue weighted by Crippen LogP contribution is 2.22. The largest absolute Gasteiger partial charge is 0.508 e. The standard InChI is InChI=1S/C9H13NO/c1-6(2)7-3-8(10)5-9(11)4-7/h3-6,11H,10H2,1-2H3. The number of phenols is 1. The number of hydrogen-bond acceptors (Lipinski definition) is 2. The zero-order valence-corrected chi connectivity index (χ0v) is 6.83. The maximum Gasteiger partial charge on any atom is 0.117 e. The topological polar surface area (TPSA) is 46.2 Å². The molecular weight excluding hydrogens is 138 g/mol. The molecule has 0 aliphatic heterocycles. The van der Waals surface area contributed by atoms with E-state index in [9.17, 15) is 0 Å². The van der Waals surface area contributed by atoms with Crippen LogP contribution in [-0.2, 0) is 0 Å². The zero-order chi connectivity index (χ0) is 8.43. The van der Waals surface area contributed by atoms with Crippen molar-refractivity contribution >= 4 is 5.69 Å². The van der Waals surface area contributed by atoms with Crippen LogP contribution in [-0.4, -0.2) is 5.11 Å². The first kappa shape index (κ1) is 7.92. The highest BCUT2D eigenvalue weighted by atomic mass is 16.3. The van der Waals surface area contributed by atoms with E-state index in [2.05, 4.69) is 13.8 Å². The van der Waals surface area contributed by atoms with Crippen molar-refractivity contribution in [2.45, 2.75) is 19.8 Å². The van der Waals surface area contributed by atoms with E-state index in [0.29, 0.717) is 11.6 Å². The molecule has 1 rings (SSSR count). The van der Waals surface area contributed by atoms with Gasteiger partial charge >= 0.3 is 0 Å². The lowest BCUT2D eigenvalue weighted by Crippen LogP contribution is -1.90. The molecule has 2 heteroatoms. The van der Waals surface area contributed by atoms with Crippen LogP contribution in [0.25, 0.3) is 0 Å². The number of phenolic OH excluding ortho intramolecular Hbond substituents is 1. The maximum absolute atomic E-state index is 9.16. The summed E-state index contributed by atoms with van der Waals surface area (Å²) in [5.74, 6) is 0.651. The van der Waals surface area contributed by atoms with Crippen LogP contribution in [0.3, 0.4) is 0 Å². The van der Waals surface area contributed by atoms with Crippen molar-refractivity contribution in [2.75, 3.05) is 5.73 Å². The summed E-state index contributed by atoms with van der Waals surface area (Å²) in [7, 11) is 0. The third kappa shape index (κ3) is 1.87. The van der Waals surface area contributed by atoms with E-state index in [4.69, 9.17) is 10.8 Å². The van der Waals surface area contributed by atoms with Gasteiger partial charge < -0.3 is 10.8 Å². The van der Waals surface area contributed by atoms with E-state index >= 15 is 0 Å². The second-order valence-electron chi connectivity index (χ2n) is 3.01. The van der Waals surface area contributed by atoms with Crippen LogP contribution in [0.2, 0.25) is 0 Å². The highest BCUT2D eigenvalue weighted by Gasteiger charge is 2.00. The Hall–Kier alpha value is -1.18. The van der Waals surface area contributed by atoms with Gasteiger partial charge in [0.25, 0.3) is 0 Å². The zero-order valence-electron chi connectivity index (χ0n) is 6.83. The summed E-state index contributed by atoms with van der Waals surface area (Å²) in [5.41, 5.74) is 7.23. The van der Waals surface area contributed by atoms with Crippen molar-refractivity contribution in [3.8, 4) is 5.75 Å². The van der Waals surface area contributed by atoms with Gasteiger partial charge in [0.2, 0.25) is 0 Å². The van der Waals surface area contributed by atoms with Crippen LogP contribution in [0, 0.1) is 0 Å². The number of nitrogens with two attached hydrogens (primary N) is 1. The van der Waals surface area contributed by atoms with E-state index in [1.807, 2.05) is 6.07 Å². The molecule has 0 heterocycles. The molecule has 0 saturated heterocycles. The van der Waals surface area contributed by atoms with E-state index in [0.717, 1.165) is 5.56 Å². The van der Waals surface area contributed by atoms with Crippen molar-refractivity contribution in [2.24, 2.45) is 0 Å². The molecule has 0 radical (unpaired) electrons. The van der Waals surface area contributed by atoms with E-state index < -0.39 is 0 Å². The highest BCUT2D eigenvalue weighted by molar-refractivity contribution is 5.47. The molecule has 0 aliphatic carbocycles. The molecule has 0 aliphatic rings. The molecular formula is C9H13NO. The smallest absolute Gasteiger partial charge is 0.117 e. The minimum Gasteiger partial charge on any atom is -0.508 e. The van der Waals surface area contributed by atoms with Gasteiger partial charge in [-0.3, -0.25) is 0 Å². The quantitative estimate of drug-likeness (QED) is 0.604. The molecule has 0 unspecified atom stereocenters. The fraction of sp³-hybridized carbons (Fsp3) is 0.333. The van der Waals surface area contributed by atoms with Gasteiger partial charge in [0.1, 0.15) is 5.75 Å². The third-order valence-electron chi connectivity index (χ3n) is 1.63. The minimum absolute atomic E-state index is 0.244. The van der Waals surface area contributed by atoms with Crippen molar-refractivity contribution in [3.05, 3.63) is 23.8 Å². The lowest BCUT2D eigenvalue weighted by molar-refractivity contribution is 0.474. The van der Waals surface area contributed by atoms with Crippen molar-refractivity contribution in [3.63, 3.8) is 0 Å². The summed E-state index contributed by atoms with van der Waals surface area (Å²) in [4.78, 5) is 0. The average Bonchev–Trinajstić information content (AvgIpc) is 1.85. The number of benzene rings is 1. The second-order valence-corrected chi connectivity index (χ2v) is 3.01. The summed E-state index contributed by atoms with van der Waals surface area (Å²) in [6.45, 7) is 4.13. The van der Waals surface area contributed by atoms with Gasteiger partial charge in [-0.1, -0.05) is 13.8 Å². The molecule has 0 fully saturated rings. The second kappa shape index (κ2) is 2.82. The molecule has 60 valence electrons. The van der Waals surface area contributed by atoms with Crippen LogP contribution < -0.4 is 5.73 Å². The lowest BCUT2D eigenvalue weighted by atomic mass is 10.0. The van der Waals surface area contributed by atoms with Gasteiger partial charge in [-0.05, 0) is 23.6 Å². The van der Waals surface area contributed by atoms with Crippen LogP contribution in [0.15, 0.2) is 18.2 Å². The van der Waals surface area contributed by atoms with Gasteiger partial charge in [0, 0.05) is 11.8 Å². The molecule has 1 aromatic rings. The van der Waals surface area contributed by atoms with Gasteiger partial charge in [-0.25, -0.2) is 0 Å². The lowest BCUT2D eigenvalue weighted by Gasteiger charge is -2.06. The first-order valence-corrected chi connectivity index (χ1v) is 3.69. The third-order valence-corrected chi connectivity index (χ3v) is 1.63. The van der Waals surface area contributed by atoms with E-state index in [-0.39, 0.29) is 5.75 Å². The Morgan fingerprint density at radius 2 is 1.91 bits per heavy atom. The number of nitrogen functional groups attached to an aromatic ring is 1. The molecule has 2 nitrogen and oxygen atoms in total. The fourth-order valence-corrected chi connectivity index (χ4v) is 0.992. The Kier molecular flexibility index (Phi) is 2.03. The van der Waals surface area contributed by atoms with E-state index in [1.54, 1.807) is 12.1 Å². The molecule has 11 heavy (non-hydrogen) atoms. The molecule has 0 saturated carbocycles. The molecule has 0 spiro atoms. The van der Waals surface area contributed by atoms with Gasteiger partial charge in [0.05, 0.1) is 0 Å². The monoisotopic (exact) mass is 151 g/mol. The van der Waals surface area contributed by atoms with Crippen LogP contribution in [0.5, 0.6) is 5.75 Å². The minimum atomic E-state index is 0.244. The molecule has 3 N–H and O–H groups in total. The predicted octanol–water partition coefficient (Wildman–Crippen LogP) is 2.10. The molecule has 1 aromatic carbocycles. The molecule has 0 amide bonds. The van der Waals surface area contributed by atoms with E-state index in [1.165, 1.54) is 0 Å². The van der Waals surface area contributed by atoms with Crippen LogP contribution >= 0.6 is 0 Å². The van der Waals surface area contributed by atoms with Gasteiger partial charge in [0.15, 0.2) is 0 Å². The SMILES string of the molecule is CC(C)c1cc(N)cc(O)c1. The predicted molar refractivity (Wildman–Crippen MR) is 46.6 cm³/mol. The Morgan fingerprint density at radius 1 is 1.27 bits per heavy atom. The Labute approximate surface area is 66.7 Å². The average molecular weight is 151 g/mol. The Balaban J connectivity index is 3.08. The first-order valence-electron chi connectivity index (χ1n) is 3.69. The summed E-state index contributed by atoms with van der Waals surface area (Å²) >= 11 is 0. The number of anilines is 1. The normalized spacial score (nSPS) is 10.5. The summed E-state index contributed by atoms with van der Waals surface area (Å²) in [5, 5.41) is 9.16. The Morgan fingerprint density at radius 3 is 2.36 bits per heavy atom. The van der Waals surface area contributed by atoms with Gasteiger partial charge in [-0.15, -0.1) is 0 Å². The first-order chi connectivity index (χ1) is 5.09. The number of hydrogen-bond donors (Lipinski definition) is 2. The van der Waals surface area contributed by atoms with Crippen molar-refractivity contribution in [1.82, 2.24) is 0 Å². The van der Waals surface area contributed by atoms with Crippen molar-refractivity contribution < 1.29 is 5.11 Å². The molecule has 0 bridgehead atoms. The maximum atomic E-state index is 9.16. The van der Waals surface area contributed by atoms with Crippen LogP contribution in [0.4, 0.5) is 5.69 Å². The summed E-state index contributed by atoms with van der Waals surface area (Å²) in [6.07, 6.45) is 0. The fourth-order valence-electron chi connectivity index (χ4n) is 0.992. The number of aromatic hydroxyl groups is 1. The molecule has 0 aromatic heterocycles. The molecule has 0 atom stereocenters. The Bertz CT molecular complexity index is 235.